The average Bonchev–Trinajstić information content (AvgIpc) is 3.22. The first-order valence-electron chi connectivity index (χ1n) is 9.50. The monoisotopic (exact) mass is 400 g/mol. The van der Waals surface area contributed by atoms with Crippen molar-refractivity contribution in [3.8, 4) is 0 Å². The first-order chi connectivity index (χ1) is 13.5. The van der Waals surface area contributed by atoms with Crippen LogP contribution in [0, 0.1) is 0 Å². The van der Waals surface area contributed by atoms with E-state index < -0.39 is 6.04 Å². The molecule has 1 N–H and O–H groups in total. The first-order valence-corrected chi connectivity index (χ1v) is 9.88. The summed E-state index contributed by atoms with van der Waals surface area (Å²) in [4.78, 5) is 27.2. The molecular formula is C22H25ClN2O3. The number of halogens is 1. The molecule has 0 spiro atoms. The molecular weight excluding hydrogens is 376 g/mol. The number of nitrogens with one attached hydrogen (secondary N) is 1. The number of amides is 2. The molecule has 5 nitrogen and oxygen atoms in total. The topological polar surface area (TPSA) is 58.6 Å². The molecule has 28 heavy (non-hydrogen) atoms. The third kappa shape index (κ3) is 5.33. The molecule has 0 radical (unpaired) electrons. The lowest BCUT2D eigenvalue weighted by Gasteiger charge is -2.31. The number of carbonyl (C=O) groups is 2. The Morgan fingerprint density at radius 1 is 1.18 bits per heavy atom. The van der Waals surface area contributed by atoms with Crippen molar-refractivity contribution in [2.45, 2.75) is 38.5 Å². The fourth-order valence-corrected chi connectivity index (χ4v) is 3.52. The summed E-state index contributed by atoms with van der Waals surface area (Å²) in [6, 6.07) is 16.0. The lowest BCUT2D eigenvalue weighted by Crippen LogP contribution is -2.44. The van der Waals surface area contributed by atoms with Crippen LogP contribution < -0.4 is 5.32 Å². The normalized spacial score (nSPS) is 17.1. The van der Waals surface area contributed by atoms with Crippen molar-refractivity contribution >= 4 is 23.4 Å². The number of hydrogen-bond donors (Lipinski definition) is 1. The van der Waals surface area contributed by atoms with Gasteiger partial charge in [0.05, 0.1) is 6.10 Å². The van der Waals surface area contributed by atoms with Crippen LogP contribution in [-0.2, 0) is 20.9 Å². The second-order valence-electron chi connectivity index (χ2n) is 6.97. The summed E-state index contributed by atoms with van der Waals surface area (Å²) in [7, 11) is 0. The quantitative estimate of drug-likeness (QED) is 0.770. The summed E-state index contributed by atoms with van der Waals surface area (Å²) in [5.41, 5.74) is 1.68. The fourth-order valence-electron chi connectivity index (χ4n) is 3.40. The van der Waals surface area contributed by atoms with Crippen LogP contribution in [0.2, 0.25) is 5.02 Å². The SMILES string of the molecule is CC(=O)N(Cc1ccc(Cl)cc1)C(C(=O)NCC1CCCO1)c1ccccc1. The zero-order valence-corrected chi connectivity index (χ0v) is 16.7. The zero-order chi connectivity index (χ0) is 19.9. The number of nitrogens with zero attached hydrogens (tertiary/aromatic N) is 1. The lowest BCUT2D eigenvalue weighted by atomic mass is 10.0. The summed E-state index contributed by atoms with van der Waals surface area (Å²) < 4.78 is 5.60. The summed E-state index contributed by atoms with van der Waals surface area (Å²) in [5.74, 6) is -0.373. The Hall–Kier alpha value is -2.37. The third-order valence-corrected chi connectivity index (χ3v) is 5.13. The molecule has 0 bridgehead atoms. The van der Waals surface area contributed by atoms with Gasteiger partial charge in [0.15, 0.2) is 0 Å². The molecule has 0 aliphatic carbocycles. The molecule has 1 fully saturated rings. The Kier molecular flexibility index (Phi) is 7.06. The van der Waals surface area contributed by atoms with Crippen LogP contribution in [0.1, 0.15) is 36.9 Å². The summed E-state index contributed by atoms with van der Waals surface area (Å²) in [6.45, 7) is 2.99. The minimum absolute atomic E-state index is 0.0439. The van der Waals surface area contributed by atoms with Crippen molar-refractivity contribution in [1.29, 1.82) is 0 Å². The Bertz CT molecular complexity index is 789. The van der Waals surface area contributed by atoms with Crippen LogP contribution in [0.4, 0.5) is 0 Å². The molecule has 0 aromatic heterocycles. The molecule has 3 rings (SSSR count). The van der Waals surface area contributed by atoms with Gasteiger partial charge in [-0.2, -0.15) is 0 Å². The molecule has 2 aromatic carbocycles. The van der Waals surface area contributed by atoms with Crippen molar-refractivity contribution in [1.82, 2.24) is 10.2 Å². The van der Waals surface area contributed by atoms with E-state index >= 15 is 0 Å². The van der Waals surface area contributed by atoms with Gasteiger partial charge in [0, 0.05) is 31.6 Å². The smallest absolute Gasteiger partial charge is 0.247 e. The van der Waals surface area contributed by atoms with Gasteiger partial charge in [-0.1, -0.05) is 54.1 Å². The van der Waals surface area contributed by atoms with E-state index in [1.807, 2.05) is 42.5 Å². The molecule has 2 amide bonds. The van der Waals surface area contributed by atoms with Crippen molar-refractivity contribution in [3.63, 3.8) is 0 Å². The highest BCUT2D eigenvalue weighted by Crippen LogP contribution is 2.24. The minimum Gasteiger partial charge on any atom is -0.376 e. The van der Waals surface area contributed by atoms with Gasteiger partial charge in [0.25, 0.3) is 0 Å². The van der Waals surface area contributed by atoms with Crippen LogP contribution in [0.15, 0.2) is 54.6 Å². The highest BCUT2D eigenvalue weighted by molar-refractivity contribution is 6.30. The van der Waals surface area contributed by atoms with Gasteiger partial charge in [0.2, 0.25) is 11.8 Å². The molecule has 0 saturated carbocycles. The van der Waals surface area contributed by atoms with Crippen LogP contribution >= 0.6 is 11.6 Å². The van der Waals surface area contributed by atoms with Gasteiger partial charge in [-0.25, -0.2) is 0 Å². The van der Waals surface area contributed by atoms with Crippen LogP contribution in [0.5, 0.6) is 0 Å². The second kappa shape index (κ2) is 9.71. The van der Waals surface area contributed by atoms with Gasteiger partial charge in [0.1, 0.15) is 6.04 Å². The summed E-state index contributed by atoms with van der Waals surface area (Å²) in [6.07, 6.45) is 2.00. The van der Waals surface area contributed by atoms with Crippen LogP contribution in [0.25, 0.3) is 0 Å². The van der Waals surface area contributed by atoms with Crippen molar-refractivity contribution in [2.24, 2.45) is 0 Å². The highest BCUT2D eigenvalue weighted by Gasteiger charge is 2.30. The molecule has 2 aromatic rings. The number of carbonyl (C=O) groups excluding carboxylic acids is 2. The van der Waals surface area contributed by atoms with Crippen molar-refractivity contribution in [3.05, 3.63) is 70.7 Å². The minimum atomic E-state index is -0.712. The molecule has 1 saturated heterocycles. The van der Waals surface area contributed by atoms with Gasteiger partial charge in [-0.15, -0.1) is 0 Å². The van der Waals surface area contributed by atoms with Gasteiger partial charge in [-0.3, -0.25) is 9.59 Å². The average molecular weight is 401 g/mol. The number of hydrogen-bond acceptors (Lipinski definition) is 3. The third-order valence-electron chi connectivity index (χ3n) is 4.87. The predicted octanol–water partition coefficient (Wildman–Crippen LogP) is 3.73. The number of rotatable bonds is 7. The van der Waals surface area contributed by atoms with Crippen molar-refractivity contribution < 1.29 is 14.3 Å². The molecule has 1 aliphatic rings. The van der Waals surface area contributed by atoms with E-state index in [0.29, 0.717) is 18.1 Å². The Morgan fingerprint density at radius 2 is 1.89 bits per heavy atom. The van der Waals surface area contributed by atoms with Crippen LogP contribution in [0.3, 0.4) is 0 Å². The standard InChI is InChI=1S/C22H25ClN2O3/c1-16(26)25(15-17-9-11-19(23)12-10-17)21(18-6-3-2-4-7-18)22(27)24-14-20-8-5-13-28-20/h2-4,6-7,9-12,20-21H,5,8,13-15H2,1H3,(H,24,27). The van der Waals surface area contributed by atoms with E-state index in [9.17, 15) is 9.59 Å². The maximum Gasteiger partial charge on any atom is 0.247 e. The molecule has 2 unspecified atom stereocenters. The van der Waals surface area contributed by atoms with Gasteiger partial charge in [-0.05, 0) is 36.1 Å². The predicted molar refractivity (Wildman–Crippen MR) is 109 cm³/mol. The van der Waals surface area contributed by atoms with Gasteiger partial charge < -0.3 is 15.0 Å². The Labute approximate surface area is 170 Å². The van der Waals surface area contributed by atoms with E-state index in [1.54, 1.807) is 17.0 Å². The number of ether oxygens (including phenoxy) is 1. The molecule has 1 aliphatic heterocycles. The first kappa shape index (κ1) is 20.4. The molecule has 148 valence electrons. The van der Waals surface area contributed by atoms with E-state index in [-0.39, 0.29) is 17.9 Å². The molecule has 2 atom stereocenters. The largest absolute Gasteiger partial charge is 0.376 e. The molecule has 1 heterocycles. The summed E-state index contributed by atoms with van der Waals surface area (Å²) >= 11 is 5.97. The summed E-state index contributed by atoms with van der Waals surface area (Å²) in [5, 5.41) is 3.61. The Morgan fingerprint density at radius 3 is 2.50 bits per heavy atom. The van der Waals surface area contributed by atoms with Crippen LogP contribution in [-0.4, -0.2) is 36.0 Å². The zero-order valence-electron chi connectivity index (χ0n) is 15.9. The van der Waals surface area contributed by atoms with Gasteiger partial charge >= 0.3 is 0 Å². The fraction of sp³-hybridized carbons (Fsp3) is 0.364. The highest BCUT2D eigenvalue weighted by atomic mass is 35.5. The maximum absolute atomic E-state index is 13.1. The lowest BCUT2D eigenvalue weighted by molar-refractivity contribution is -0.140. The van der Waals surface area contributed by atoms with E-state index in [4.69, 9.17) is 16.3 Å². The number of benzene rings is 2. The second-order valence-corrected chi connectivity index (χ2v) is 7.40. The van der Waals surface area contributed by atoms with E-state index in [1.165, 1.54) is 6.92 Å². The maximum atomic E-state index is 13.1. The van der Waals surface area contributed by atoms with E-state index in [2.05, 4.69) is 5.32 Å². The Balaban J connectivity index is 1.82. The van der Waals surface area contributed by atoms with E-state index in [0.717, 1.165) is 30.6 Å². The molecule has 6 heteroatoms. The van der Waals surface area contributed by atoms with Crippen molar-refractivity contribution in [2.75, 3.05) is 13.2 Å².